The van der Waals surface area contributed by atoms with Crippen molar-refractivity contribution in [3.8, 4) is 5.75 Å². The van der Waals surface area contributed by atoms with Crippen molar-refractivity contribution in [3.63, 3.8) is 0 Å². The first-order valence-electron chi connectivity index (χ1n) is 4.23. The number of H-pyrrole nitrogens is 1. The molecule has 6 nitrogen and oxygen atoms in total. The normalized spacial score (nSPS) is 10.2. The molecule has 3 N–H and O–H groups in total. The van der Waals surface area contributed by atoms with E-state index in [-0.39, 0.29) is 5.95 Å². The zero-order chi connectivity index (χ0) is 10.8. The molecule has 1 amide bonds. The lowest BCUT2D eigenvalue weighted by Gasteiger charge is -1.96. The molecule has 0 aliphatic heterocycles. The second-order valence-electron chi connectivity index (χ2n) is 2.90. The number of hydrogen-bond donors (Lipinski definition) is 3. The quantitative estimate of drug-likeness (QED) is 0.698. The third kappa shape index (κ3) is 1.83. The second kappa shape index (κ2) is 3.49. The molecule has 0 bridgehead atoms. The molecule has 0 atom stereocenters. The van der Waals surface area contributed by atoms with Crippen molar-refractivity contribution in [3.05, 3.63) is 18.2 Å². The smallest absolute Gasteiger partial charge is 0.411 e. The van der Waals surface area contributed by atoms with E-state index < -0.39 is 6.09 Å². The topological polar surface area (TPSA) is 87.2 Å². The van der Waals surface area contributed by atoms with Gasteiger partial charge in [0, 0.05) is 6.07 Å². The summed E-state index contributed by atoms with van der Waals surface area (Å²) in [4.78, 5) is 17.2. The SMILES string of the molecule is COc1ccc2nc(NC(=O)O)[nH]c2c1. The number of ether oxygens (including phenoxy) is 1. The molecule has 0 radical (unpaired) electrons. The Morgan fingerprint density at radius 3 is 3.07 bits per heavy atom. The molecule has 2 aromatic rings. The third-order valence-electron chi connectivity index (χ3n) is 1.91. The number of aromatic amines is 1. The van der Waals surface area contributed by atoms with Crippen LogP contribution in [0.15, 0.2) is 18.2 Å². The van der Waals surface area contributed by atoms with Gasteiger partial charge in [-0.2, -0.15) is 0 Å². The predicted octanol–water partition coefficient (Wildman–Crippen LogP) is 1.66. The van der Waals surface area contributed by atoms with Crippen LogP contribution >= 0.6 is 0 Å². The molecule has 1 heterocycles. The highest BCUT2D eigenvalue weighted by Gasteiger charge is 2.05. The van der Waals surface area contributed by atoms with Crippen LogP contribution < -0.4 is 10.1 Å². The van der Waals surface area contributed by atoms with E-state index in [2.05, 4.69) is 15.3 Å². The summed E-state index contributed by atoms with van der Waals surface area (Å²) in [5.74, 6) is 0.888. The van der Waals surface area contributed by atoms with Gasteiger partial charge in [-0.05, 0) is 12.1 Å². The lowest BCUT2D eigenvalue weighted by molar-refractivity contribution is 0.209. The number of anilines is 1. The minimum absolute atomic E-state index is 0.200. The number of imidazole rings is 1. The largest absolute Gasteiger partial charge is 0.497 e. The Morgan fingerprint density at radius 1 is 1.60 bits per heavy atom. The van der Waals surface area contributed by atoms with Crippen LogP contribution in [0.2, 0.25) is 0 Å². The number of amides is 1. The molecule has 0 unspecified atom stereocenters. The molecular weight excluding hydrogens is 198 g/mol. The van der Waals surface area contributed by atoms with E-state index >= 15 is 0 Å². The van der Waals surface area contributed by atoms with Gasteiger partial charge in [0.1, 0.15) is 5.75 Å². The van der Waals surface area contributed by atoms with E-state index in [0.29, 0.717) is 11.3 Å². The summed E-state index contributed by atoms with van der Waals surface area (Å²) < 4.78 is 5.03. The van der Waals surface area contributed by atoms with Crippen LogP contribution in [0, 0.1) is 0 Å². The standard InChI is InChI=1S/C9H9N3O3/c1-15-5-2-3-6-7(4-5)11-8(10-6)12-9(13)14/h2-4H,1H3,(H,13,14)(H2,10,11,12). The highest BCUT2D eigenvalue weighted by molar-refractivity contribution is 5.85. The maximum Gasteiger partial charge on any atom is 0.411 e. The summed E-state index contributed by atoms with van der Waals surface area (Å²) in [7, 11) is 1.56. The van der Waals surface area contributed by atoms with Crippen molar-refractivity contribution in [2.45, 2.75) is 0 Å². The Labute approximate surface area is 84.9 Å². The molecule has 78 valence electrons. The molecule has 15 heavy (non-hydrogen) atoms. The molecule has 2 rings (SSSR count). The van der Waals surface area contributed by atoms with E-state index in [1.807, 2.05) is 0 Å². The predicted molar refractivity (Wildman–Crippen MR) is 54.3 cm³/mol. The van der Waals surface area contributed by atoms with E-state index in [4.69, 9.17) is 9.84 Å². The number of carbonyl (C=O) groups is 1. The van der Waals surface area contributed by atoms with Crippen LogP contribution in [0.3, 0.4) is 0 Å². The highest BCUT2D eigenvalue weighted by atomic mass is 16.5. The van der Waals surface area contributed by atoms with Crippen molar-refractivity contribution < 1.29 is 14.6 Å². The summed E-state index contributed by atoms with van der Waals surface area (Å²) in [5.41, 5.74) is 1.40. The van der Waals surface area contributed by atoms with Crippen LogP contribution in [-0.4, -0.2) is 28.3 Å². The lowest BCUT2D eigenvalue weighted by Crippen LogP contribution is -2.08. The van der Waals surface area contributed by atoms with Gasteiger partial charge in [0.25, 0.3) is 0 Å². The molecule has 0 fully saturated rings. The zero-order valence-electron chi connectivity index (χ0n) is 7.94. The molecule has 1 aromatic carbocycles. The number of fused-ring (bicyclic) bond motifs is 1. The number of aromatic nitrogens is 2. The van der Waals surface area contributed by atoms with Crippen molar-refractivity contribution in [2.24, 2.45) is 0 Å². The van der Waals surface area contributed by atoms with E-state index in [1.54, 1.807) is 25.3 Å². The number of carboxylic acid groups (broad SMARTS) is 1. The fourth-order valence-corrected chi connectivity index (χ4v) is 1.28. The molecule has 0 spiro atoms. The number of hydrogen-bond acceptors (Lipinski definition) is 3. The minimum atomic E-state index is -1.15. The van der Waals surface area contributed by atoms with Gasteiger partial charge in [-0.1, -0.05) is 0 Å². The summed E-state index contributed by atoms with van der Waals surface area (Å²) >= 11 is 0. The van der Waals surface area contributed by atoms with Crippen molar-refractivity contribution in [1.29, 1.82) is 0 Å². The Balaban J connectivity index is 2.42. The molecule has 0 saturated heterocycles. The van der Waals surface area contributed by atoms with Crippen LogP contribution in [0.4, 0.5) is 10.7 Å². The molecule has 1 aromatic heterocycles. The zero-order valence-corrected chi connectivity index (χ0v) is 7.94. The molecule has 6 heteroatoms. The number of nitrogens with one attached hydrogen (secondary N) is 2. The first-order chi connectivity index (χ1) is 7.19. The summed E-state index contributed by atoms with van der Waals surface area (Å²) in [6.07, 6.45) is -1.15. The average molecular weight is 207 g/mol. The summed E-state index contributed by atoms with van der Waals surface area (Å²) in [6.45, 7) is 0. The van der Waals surface area contributed by atoms with Crippen LogP contribution in [0.1, 0.15) is 0 Å². The molecule has 0 aliphatic rings. The van der Waals surface area contributed by atoms with Gasteiger partial charge in [0.05, 0.1) is 18.1 Å². The maximum atomic E-state index is 10.4. The third-order valence-corrected chi connectivity index (χ3v) is 1.91. The van der Waals surface area contributed by atoms with Gasteiger partial charge >= 0.3 is 6.09 Å². The second-order valence-corrected chi connectivity index (χ2v) is 2.90. The number of nitrogens with zero attached hydrogens (tertiary/aromatic N) is 1. The number of rotatable bonds is 2. The number of methoxy groups -OCH3 is 1. The van der Waals surface area contributed by atoms with Gasteiger partial charge in [0.15, 0.2) is 0 Å². The van der Waals surface area contributed by atoms with E-state index in [1.165, 1.54) is 0 Å². The average Bonchev–Trinajstić information content (AvgIpc) is 2.57. The maximum absolute atomic E-state index is 10.4. The van der Waals surface area contributed by atoms with E-state index in [9.17, 15) is 4.79 Å². The molecule has 0 saturated carbocycles. The van der Waals surface area contributed by atoms with Gasteiger partial charge in [-0.3, -0.25) is 5.32 Å². The minimum Gasteiger partial charge on any atom is -0.497 e. The Kier molecular flexibility index (Phi) is 2.17. The van der Waals surface area contributed by atoms with Gasteiger partial charge in [-0.15, -0.1) is 0 Å². The van der Waals surface area contributed by atoms with E-state index in [0.717, 1.165) is 5.52 Å². The first kappa shape index (κ1) is 9.32. The summed E-state index contributed by atoms with van der Waals surface area (Å²) in [6, 6.07) is 5.25. The fourth-order valence-electron chi connectivity index (χ4n) is 1.28. The fraction of sp³-hybridized carbons (Fsp3) is 0.111. The molecular formula is C9H9N3O3. The van der Waals surface area contributed by atoms with Gasteiger partial charge < -0.3 is 14.8 Å². The van der Waals surface area contributed by atoms with Crippen molar-refractivity contribution in [1.82, 2.24) is 9.97 Å². The van der Waals surface area contributed by atoms with Gasteiger partial charge in [-0.25, -0.2) is 9.78 Å². The summed E-state index contributed by atoms with van der Waals surface area (Å²) in [5, 5.41) is 10.6. The lowest BCUT2D eigenvalue weighted by atomic mass is 10.3. The highest BCUT2D eigenvalue weighted by Crippen LogP contribution is 2.20. The Hall–Kier alpha value is -2.24. The van der Waals surface area contributed by atoms with Gasteiger partial charge in [0.2, 0.25) is 5.95 Å². The van der Waals surface area contributed by atoms with Crippen LogP contribution in [0.5, 0.6) is 5.75 Å². The first-order valence-corrected chi connectivity index (χ1v) is 4.23. The van der Waals surface area contributed by atoms with Crippen LogP contribution in [-0.2, 0) is 0 Å². The van der Waals surface area contributed by atoms with Crippen LogP contribution in [0.25, 0.3) is 11.0 Å². The Bertz CT molecular complexity index is 506. The van der Waals surface area contributed by atoms with Crippen molar-refractivity contribution >= 4 is 23.1 Å². The number of benzene rings is 1. The monoisotopic (exact) mass is 207 g/mol. The Morgan fingerprint density at radius 2 is 2.40 bits per heavy atom. The molecule has 0 aliphatic carbocycles. The van der Waals surface area contributed by atoms with Crippen molar-refractivity contribution in [2.75, 3.05) is 12.4 Å².